The Labute approximate surface area is 251 Å². The van der Waals surface area contributed by atoms with Gasteiger partial charge in [-0.3, -0.25) is 9.59 Å². The van der Waals surface area contributed by atoms with E-state index >= 15 is 0 Å². The maximum atomic E-state index is 14.0. The summed E-state index contributed by atoms with van der Waals surface area (Å²) < 4.78 is 10.8. The lowest BCUT2D eigenvalue weighted by molar-refractivity contribution is -0.186. The zero-order valence-electron chi connectivity index (χ0n) is 24.6. The van der Waals surface area contributed by atoms with Crippen molar-refractivity contribution in [1.29, 1.82) is 0 Å². The first-order chi connectivity index (χ1) is 20.8. The molecule has 43 heavy (non-hydrogen) atoms. The summed E-state index contributed by atoms with van der Waals surface area (Å²) in [5.41, 5.74) is 2.70. The van der Waals surface area contributed by atoms with Crippen LogP contribution in [0.4, 0.5) is 4.79 Å². The number of likely N-dealkylation sites (N-methyl/N-ethyl adjacent to an activating group) is 1. The minimum Gasteiger partial charge on any atom is -0.508 e. The minimum atomic E-state index is -0.820. The van der Waals surface area contributed by atoms with Crippen molar-refractivity contribution in [2.24, 2.45) is 0 Å². The van der Waals surface area contributed by atoms with Gasteiger partial charge in [0.05, 0.1) is 27.3 Å². The Morgan fingerprint density at radius 1 is 0.930 bits per heavy atom. The number of phenolic OH excluding ortho intramolecular Hbond substituents is 1. The Morgan fingerprint density at radius 2 is 1.63 bits per heavy atom. The number of methoxy groups -OCH3 is 2. The molecule has 2 fully saturated rings. The molecule has 2 aliphatic heterocycles. The van der Waals surface area contributed by atoms with Gasteiger partial charge >= 0.3 is 6.03 Å². The second-order valence-electron chi connectivity index (χ2n) is 10.7. The van der Waals surface area contributed by atoms with Gasteiger partial charge in [-0.15, -0.1) is 0 Å². The van der Waals surface area contributed by atoms with Crippen molar-refractivity contribution < 1.29 is 29.0 Å². The second-order valence-corrected chi connectivity index (χ2v) is 10.7. The molecule has 2 heterocycles. The number of benzene rings is 3. The molecule has 11 nitrogen and oxygen atoms in total. The number of ether oxygens (including phenoxy) is 2. The number of carbonyl (C=O) groups is 3. The normalized spacial score (nSPS) is 18.8. The quantitative estimate of drug-likeness (QED) is 0.396. The number of carbonyl (C=O) groups excluding carboxylic acids is 3. The van der Waals surface area contributed by atoms with Gasteiger partial charge in [0.25, 0.3) is 0 Å². The highest BCUT2D eigenvalue weighted by molar-refractivity contribution is 5.91. The van der Waals surface area contributed by atoms with E-state index in [-0.39, 0.29) is 43.1 Å². The average molecular weight is 588 g/mol. The van der Waals surface area contributed by atoms with Crippen LogP contribution < -0.4 is 14.8 Å². The van der Waals surface area contributed by atoms with Crippen molar-refractivity contribution >= 4 is 17.8 Å². The van der Waals surface area contributed by atoms with Crippen molar-refractivity contribution in [3.05, 3.63) is 89.5 Å². The molecule has 2 saturated heterocycles. The summed E-state index contributed by atoms with van der Waals surface area (Å²) in [5.74, 6) is 0.918. The number of nitrogens with zero attached hydrogens (tertiary/aromatic N) is 4. The summed E-state index contributed by atoms with van der Waals surface area (Å²) >= 11 is 0. The number of hydrogen-bond donors (Lipinski definition) is 2. The van der Waals surface area contributed by atoms with Gasteiger partial charge in [0.1, 0.15) is 18.0 Å². The monoisotopic (exact) mass is 587 g/mol. The molecule has 0 bridgehead atoms. The van der Waals surface area contributed by atoms with Crippen molar-refractivity contribution in [2.45, 2.75) is 31.6 Å². The molecule has 3 aromatic carbocycles. The third-order valence-corrected chi connectivity index (χ3v) is 7.92. The molecule has 2 aliphatic rings. The Bertz CT molecular complexity index is 1450. The first-order valence-electron chi connectivity index (χ1n) is 14.2. The molecule has 226 valence electrons. The van der Waals surface area contributed by atoms with Crippen LogP contribution in [0.1, 0.15) is 16.7 Å². The number of hydrazine groups is 1. The molecule has 11 heteroatoms. The topological polar surface area (TPSA) is 115 Å². The minimum absolute atomic E-state index is 0.0414. The molecular weight excluding hydrogens is 550 g/mol. The highest BCUT2D eigenvalue weighted by Gasteiger charge is 2.50. The molecular formula is C32H37N5O6. The van der Waals surface area contributed by atoms with Crippen LogP contribution in [0, 0.1) is 0 Å². The number of nitrogens with one attached hydrogen (secondary N) is 1. The van der Waals surface area contributed by atoms with E-state index in [1.165, 1.54) is 0 Å². The number of fused-ring (bicyclic) bond motifs is 1. The van der Waals surface area contributed by atoms with Crippen molar-refractivity contribution in [2.75, 3.05) is 40.9 Å². The Kier molecular flexibility index (Phi) is 9.01. The lowest BCUT2D eigenvalue weighted by Crippen LogP contribution is -2.76. The van der Waals surface area contributed by atoms with Gasteiger partial charge in [-0.2, -0.15) is 0 Å². The number of urea groups is 1. The number of aromatic hydroxyl groups is 1. The standard InChI is InChI=1S/C32H37N5O6/c1-34-21-30(39)36-26(17-22-9-12-25(38)13-10-22)31(40)35(16-15-23-11-14-27(42-2)28(18-23)43-3)20-29(36)37(34)32(41)33-19-24-7-5-4-6-8-24/h4-14,18,26,29,38H,15-17,19-21H2,1-3H3,(H,33,41)/t26-,29-/m0/s1. The predicted octanol–water partition coefficient (Wildman–Crippen LogP) is 2.63. The summed E-state index contributed by atoms with van der Waals surface area (Å²) in [6, 6.07) is 20.7. The number of rotatable bonds is 9. The van der Waals surface area contributed by atoms with E-state index in [2.05, 4.69) is 5.32 Å². The largest absolute Gasteiger partial charge is 0.508 e. The fraction of sp³-hybridized carbons (Fsp3) is 0.344. The van der Waals surface area contributed by atoms with Crippen LogP contribution >= 0.6 is 0 Å². The van der Waals surface area contributed by atoms with Crippen molar-refractivity contribution in [1.82, 2.24) is 25.1 Å². The maximum absolute atomic E-state index is 14.0. The number of hydrogen-bond acceptors (Lipinski definition) is 7. The summed E-state index contributed by atoms with van der Waals surface area (Å²) in [5, 5.41) is 15.9. The van der Waals surface area contributed by atoms with Gasteiger partial charge in [0.15, 0.2) is 11.5 Å². The first-order valence-corrected chi connectivity index (χ1v) is 14.2. The highest BCUT2D eigenvalue weighted by atomic mass is 16.5. The number of amides is 4. The van der Waals surface area contributed by atoms with Gasteiger partial charge < -0.3 is 29.7 Å². The molecule has 4 amide bonds. The van der Waals surface area contributed by atoms with Crippen LogP contribution in [-0.2, 0) is 29.0 Å². The fourth-order valence-electron chi connectivity index (χ4n) is 5.72. The molecule has 0 unspecified atom stereocenters. The lowest BCUT2D eigenvalue weighted by atomic mass is 9.98. The number of piperazine rings is 1. The van der Waals surface area contributed by atoms with Crippen molar-refractivity contribution in [3.63, 3.8) is 0 Å². The molecule has 0 radical (unpaired) electrons. The van der Waals surface area contributed by atoms with Crippen LogP contribution in [0.5, 0.6) is 17.2 Å². The third-order valence-electron chi connectivity index (χ3n) is 7.92. The van der Waals surface area contributed by atoms with E-state index in [1.54, 1.807) is 65.4 Å². The summed E-state index contributed by atoms with van der Waals surface area (Å²) in [7, 11) is 4.86. The molecule has 3 aromatic rings. The van der Waals surface area contributed by atoms with Crippen LogP contribution in [0.3, 0.4) is 0 Å². The van der Waals surface area contributed by atoms with Gasteiger partial charge in [0, 0.05) is 26.6 Å². The molecule has 0 saturated carbocycles. The Morgan fingerprint density at radius 3 is 2.33 bits per heavy atom. The second kappa shape index (κ2) is 13.0. The van der Waals surface area contributed by atoms with Crippen LogP contribution in [-0.4, -0.2) is 95.9 Å². The van der Waals surface area contributed by atoms with Gasteiger partial charge in [-0.05, 0) is 47.4 Å². The molecule has 2 atom stereocenters. The molecule has 0 spiro atoms. The number of phenols is 1. The molecule has 0 aromatic heterocycles. The summed E-state index contributed by atoms with van der Waals surface area (Å²) in [6.45, 7) is 0.818. The van der Waals surface area contributed by atoms with Gasteiger partial charge in [-0.1, -0.05) is 48.5 Å². The Hall–Kier alpha value is -4.77. The summed E-state index contributed by atoms with van der Waals surface area (Å²) in [6.07, 6.45) is 0.0822. The Balaban J connectivity index is 1.42. The van der Waals surface area contributed by atoms with Crippen LogP contribution in [0.25, 0.3) is 0 Å². The van der Waals surface area contributed by atoms with E-state index in [0.717, 1.165) is 16.7 Å². The van der Waals surface area contributed by atoms with E-state index in [9.17, 15) is 19.5 Å². The first kappa shape index (κ1) is 29.7. The van der Waals surface area contributed by atoms with E-state index < -0.39 is 12.2 Å². The summed E-state index contributed by atoms with van der Waals surface area (Å²) in [4.78, 5) is 44.4. The molecule has 2 N–H and O–H groups in total. The van der Waals surface area contributed by atoms with Crippen LogP contribution in [0.2, 0.25) is 0 Å². The smallest absolute Gasteiger partial charge is 0.334 e. The lowest BCUT2D eigenvalue weighted by Gasteiger charge is -2.54. The third kappa shape index (κ3) is 6.51. The van der Waals surface area contributed by atoms with Gasteiger partial charge in [-0.25, -0.2) is 14.8 Å². The van der Waals surface area contributed by atoms with E-state index in [1.807, 2.05) is 48.5 Å². The van der Waals surface area contributed by atoms with Gasteiger partial charge in [0.2, 0.25) is 11.8 Å². The molecule has 0 aliphatic carbocycles. The fourth-order valence-corrected chi connectivity index (χ4v) is 5.72. The van der Waals surface area contributed by atoms with E-state index in [4.69, 9.17) is 9.47 Å². The van der Waals surface area contributed by atoms with Crippen LogP contribution in [0.15, 0.2) is 72.8 Å². The van der Waals surface area contributed by atoms with Crippen molar-refractivity contribution in [3.8, 4) is 17.2 Å². The highest BCUT2D eigenvalue weighted by Crippen LogP contribution is 2.30. The zero-order valence-corrected chi connectivity index (χ0v) is 24.6. The average Bonchev–Trinajstić information content (AvgIpc) is 3.01. The SMILES string of the molecule is COc1ccc(CCN2C[C@H]3N(C(=O)CN(C)N3C(=O)NCc3ccccc3)[C@@H](Cc3ccc(O)cc3)C2=O)cc1OC. The molecule has 5 rings (SSSR count). The zero-order chi connectivity index (χ0) is 30.5. The van der Waals surface area contributed by atoms with E-state index in [0.29, 0.717) is 31.0 Å². The maximum Gasteiger partial charge on any atom is 0.334 e. The predicted molar refractivity (Wildman–Crippen MR) is 159 cm³/mol.